The topological polar surface area (TPSA) is 64.2 Å². The van der Waals surface area contributed by atoms with Crippen molar-refractivity contribution >= 4 is 11.7 Å². The zero-order valence-corrected chi connectivity index (χ0v) is 10.7. The highest BCUT2D eigenvalue weighted by Crippen LogP contribution is 2.26. The van der Waals surface area contributed by atoms with Crippen molar-refractivity contribution in [3.05, 3.63) is 11.8 Å². The second-order valence-electron chi connectivity index (χ2n) is 5.02. The van der Waals surface area contributed by atoms with E-state index in [4.69, 9.17) is 5.73 Å². The van der Waals surface area contributed by atoms with E-state index in [1.54, 1.807) is 13.2 Å². The van der Waals surface area contributed by atoms with E-state index in [0.717, 1.165) is 19.4 Å². The first-order valence-electron chi connectivity index (χ1n) is 6.10. The Balaban J connectivity index is 2.23. The van der Waals surface area contributed by atoms with Gasteiger partial charge in [-0.3, -0.25) is 9.48 Å². The quantitative estimate of drug-likeness (QED) is 0.840. The number of hydrogen-bond donors (Lipinski definition) is 1. The van der Waals surface area contributed by atoms with Crippen LogP contribution >= 0.6 is 0 Å². The molecule has 1 amide bonds. The third kappa shape index (κ3) is 2.01. The van der Waals surface area contributed by atoms with E-state index >= 15 is 0 Å². The van der Waals surface area contributed by atoms with E-state index in [2.05, 4.69) is 18.9 Å². The van der Waals surface area contributed by atoms with Crippen molar-refractivity contribution in [2.45, 2.75) is 32.7 Å². The number of hydrogen-bond acceptors (Lipinski definition) is 3. The second kappa shape index (κ2) is 4.39. The summed E-state index contributed by atoms with van der Waals surface area (Å²) in [6.07, 6.45) is 3.73. The molecule has 1 unspecified atom stereocenters. The average Bonchev–Trinajstić information content (AvgIpc) is 2.87. The fourth-order valence-electron chi connectivity index (χ4n) is 2.50. The number of rotatable bonds is 2. The average molecular weight is 236 g/mol. The predicted molar refractivity (Wildman–Crippen MR) is 66.5 cm³/mol. The number of likely N-dealkylation sites (tertiary alicyclic amines) is 1. The molecule has 17 heavy (non-hydrogen) atoms. The second-order valence-corrected chi connectivity index (χ2v) is 5.02. The van der Waals surface area contributed by atoms with Gasteiger partial charge >= 0.3 is 0 Å². The monoisotopic (exact) mass is 236 g/mol. The fourth-order valence-corrected chi connectivity index (χ4v) is 2.50. The van der Waals surface area contributed by atoms with Gasteiger partial charge in [0.1, 0.15) is 11.4 Å². The minimum absolute atomic E-state index is 0.0202. The van der Waals surface area contributed by atoms with E-state index in [0.29, 0.717) is 23.3 Å². The number of nitrogen functional groups attached to an aromatic ring is 1. The normalized spacial score (nSPS) is 20.2. The number of nitrogens with two attached hydrogens (primary N) is 1. The Bertz CT molecular complexity index is 424. The smallest absolute Gasteiger partial charge is 0.259 e. The van der Waals surface area contributed by atoms with Crippen LogP contribution in [0.4, 0.5) is 5.82 Å². The lowest BCUT2D eigenvalue weighted by Gasteiger charge is -2.27. The number of carbonyl (C=O) groups excluding carboxylic acids is 1. The molecule has 2 heterocycles. The van der Waals surface area contributed by atoms with E-state index < -0.39 is 0 Å². The Labute approximate surface area is 102 Å². The lowest BCUT2D eigenvalue weighted by atomic mass is 10.0. The Morgan fingerprint density at radius 2 is 2.29 bits per heavy atom. The molecule has 1 aromatic rings. The maximum atomic E-state index is 12.4. The molecule has 0 bridgehead atoms. The van der Waals surface area contributed by atoms with Crippen molar-refractivity contribution in [3.63, 3.8) is 0 Å². The van der Waals surface area contributed by atoms with Gasteiger partial charge in [0.15, 0.2) is 0 Å². The van der Waals surface area contributed by atoms with Gasteiger partial charge in [0.25, 0.3) is 5.91 Å². The highest BCUT2D eigenvalue weighted by Gasteiger charge is 2.32. The number of aryl methyl sites for hydroxylation is 1. The van der Waals surface area contributed by atoms with Gasteiger partial charge in [0.05, 0.1) is 6.20 Å². The van der Waals surface area contributed by atoms with Gasteiger partial charge in [0, 0.05) is 19.6 Å². The van der Waals surface area contributed by atoms with Crippen LogP contribution in [0.15, 0.2) is 6.20 Å². The summed E-state index contributed by atoms with van der Waals surface area (Å²) in [7, 11) is 1.75. The molecule has 2 rings (SSSR count). The summed E-state index contributed by atoms with van der Waals surface area (Å²) in [5.74, 6) is 0.954. The molecule has 2 N–H and O–H groups in total. The predicted octanol–water partition coefficient (Wildman–Crippen LogP) is 1.26. The summed E-state index contributed by atoms with van der Waals surface area (Å²) in [5.41, 5.74) is 6.37. The maximum absolute atomic E-state index is 12.4. The molecule has 0 saturated carbocycles. The zero-order chi connectivity index (χ0) is 12.6. The first-order chi connectivity index (χ1) is 8.02. The third-order valence-electron chi connectivity index (χ3n) is 3.54. The molecular formula is C12H20N4O. The van der Waals surface area contributed by atoms with Gasteiger partial charge in [-0.1, -0.05) is 13.8 Å². The maximum Gasteiger partial charge on any atom is 0.259 e. The zero-order valence-electron chi connectivity index (χ0n) is 10.7. The van der Waals surface area contributed by atoms with Crippen molar-refractivity contribution in [2.24, 2.45) is 13.0 Å². The van der Waals surface area contributed by atoms with Crippen LogP contribution in [0, 0.1) is 5.92 Å². The van der Waals surface area contributed by atoms with Gasteiger partial charge in [0.2, 0.25) is 0 Å². The number of anilines is 1. The molecule has 94 valence electrons. The fraction of sp³-hybridized carbons (Fsp3) is 0.667. The number of nitrogens with zero attached hydrogens (tertiary/aromatic N) is 3. The summed E-state index contributed by atoms with van der Waals surface area (Å²) in [6.45, 7) is 5.14. The molecule has 1 fully saturated rings. The molecule has 1 atom stereocenters. The lowest BCUT2D eigenvalue weighted by Crippen LogP contribution is -2.38. The Morgan fingerprint density at radius 3 is 2.82 bits per heavy atom. The Kier molecular flexibility index (Phi) is 3.09. The molecular weight excluding hydrogens is 216 g/mol. The summed E-state index contributed by atoms with van der Waals surface area (Å²) in [4.78, 5) is 14.3. The third-order valence-corrected chi connectivity index (χ3v) is 3.54. The van der Waals surface area contributed by atoms with Crippen LogP contribution in [-0.4, -0.2) is 33.2 Å². The molecule has 0 radical (unpaired) electrons. The molecule has 5 heteroatoms. The number of aromatic nitrogens is 2. The standard InChI is InChI=1S/C12H20N4O/c1-8(2)10-5-4-6-16(10)12(17)9-7-14-15(3)11(9)13/h7-8,10H,4-6,13H2,1-3H3. The van der Waals surface area contributed by atoms with Crippen LogP contribution in [-0.2, 0) is 7.05 Å². The minimum atomic E-state index is 0.0202. The van der Waals surface area contributed by atoms with Crippen LogP contribution < -0.4 is 5.73 Å². The molecule has 0 spiro atoms. The van der Waals surface area contributed by atoms with E-state index in [-0.39, 0.29) is 5.91 Å². The molecule has 0 aromatic carbocycles. The van der Waals surface area contributed by atoms with E-state index in [1.807, 2.05) is 4.90 Å². The number of amides is 1. The minimum Gasteiger partial charge on any atom is -0.383 e. The van der Waals surface area contributed by atoms with Crippen molar-refractivity contribution in [2.75, 3.05) is 12.3 Å². The highest BCUT2D eigenvalue weighted by molar-refractivity contribution is 5.98. The first-order valence-corrected chi connectivity index (χ1v) is 6.10. The lowest BCUT2D eigenvalue weighted by molar-refractivity contribution is 0.0702. The van der Waals surface area contributed by atoms with Crippen LogP contribution in [0.2, 0.25) is 0 Å². The summed E-state index contributed by atoms with van der Waals surface area (Å²) >= 11 is 0. The first kappa shape index (κ1) is 12.0. The van der Waals surface area contributed by atoms with Gasteiger partial charge < -0.3 is 10.6 Å². The molecule has 1 aliphatic rings. The summed E-state index contributed by atoms with van der Waals surface area (Å²) < 4.78 is 1.54. The summed E-state index contributed by atoms with van der Waals surface area (Å²) in [5, 5.41) is 4.02. The van der Waals surface area contributed by atoms with Crippen LogP contribution in [0.3, 0.4) is 0 Å². The molecule has 0 aliphatic carbocycles. The molecule has 1 aromatic heterocycles. The van der Waals surface area contributed by atoms with E-state index in [9.17, 15) is 4.79 Å². The van der Waals surface area contributed by atoms with Crippen molar-refractivity contribution in [1.82, 2.24) is 14.7 Å². The van der Waals surface area contributed by atoms with Gasteiger partial charge in [-0.25, -0.2) is 0 Å². The van der Waals surface area contributed by atoms with Crippen LogP contribution in [0.1, 0.15) is 37.0 Å². The Hall–Kier alpha value is -1.52. The number of carbonyl (C=O) groups is 1. The van der Waals surface area contributed by atoms with E-state index in [1.165, 1.54) is 4.68 Å². The van der Waals surface area contributed by atoms with Crippen molar-refractivity contribution in [3.8, 4) is 0 Å². The molecule has 1 aliphatic heterocycles. The largest absolute Gasteiger partial charge is 0.383 e. The molecule has 5 nitrogen and oxygen atoms in total. The summed E-state index contributed by atoms with van der Waals surface area (Å²) in [6, 6.07) is 0.335. The molecule has 1 saturated heterocycles. The van der Waals surface area contributed by atoms with Crippen LogP contribution in [0.25, 0.3) is 0 Å². The van der Waals surface area contributed by atoms with Gasteiger partial charge in [-0.15, -0.1) is 0 Å². The van der Waals surface area contributed by atoms with Gasteiger partial charge in [-0.05, 0) is 18.8 Å². The highest BCUT2D eigenvalue weighted by atomic mass is 16.2. The van der Waals surface area contributed by atoms with Crippen LogP contribution in [0.5, 0.6) is 0 Å². The SMILES string of the molecule is CC(C)C1CCCN1C(=O)c1cnn(C)c1N. The Morgan fingerprint density at radius 1 is 1.59 bits per heavy atom. The van der Waals surface area contributed by atoms with Crippen molar-refractivity contribution < 1.29 is 4.79 Å². The van der Waals surface area contributed by atoms with Gasteiger partial charge in [-0.2, -0.15) is 5.10 Å². The van der Waals surface area contributed by atoms with Crippen molar-refractivity contribution in [1.29, 1.82) is 0 Å².